The van der Waals surface area contributed by atoms with E-state index in [9.17, 15) is 0 Å². The van der Waals surface area contributed by atoms with Crippen LogP contribution in [0.1, 0.15) is 6.42 Å². The fourth-order valence-corrected chi connectivity index (χ4v) is 5.21. The summed E-state index contributed by atoms with van der Waals surface area (Å²) in [5.41, 5.74) is 2.25. The van der Waals surface area contributed by atoms with E-state index in [2.05, 4.69) is 79.2 Å². The van der Waals surface area contributed by atoms with E-state index in [0.29, 0.717) is 23.9 Å². The second kappa shape index (κ2) is 4.88. The van der Waals surface area contributed by atoms with E-state index in [1.165, 1.54) is 0 Å². The van der Waals surface area contributed by atoms with Crippen molar-refractivity contribution in [2.24, 2.45) is 32.5 Å². The number of hydrogen-bond acceptors (Lipinski definition) is 6. The summed E-state index contributed by atoms with van der Waals surface area (Å²) in [6, 6.07) is 21.9. The van der Waals surface area contributed by atoms with Crippen molar-refractivity contribution in [3.05, 3.63) is 60.7 Å². The molecular formula is C19H18N6. The molecule has 0 unspecified atom stereocenters. The first-order valence-electron chi connectivity index (χ1n) is 8.92. The van der Waals surface area contributed by atoms with Crippen molar-refractivity contribution >= 4 is 11.4 Å². The molecule has 2 aliphatic heterocycles. The van der Waals surface area contributed by atoms with Crippen LogP contribution in [0.2, 0.25) is 0 Å². The fraction of sp³-hybridized carbons (Fsp3) is 0.368. The first kappa shape index (κ1) is 13.5. The number of anilines is 2. The number of rotatable bonds is 2. The van der Waals surface area contributed by atoms with Crippen LogP contribution in [0.25, 0.3) is 0 Å². The van der Waals surface area contributed by atoms with Gasteiger partial charge in [-0.1, -0.05) is 46.8 Å². The predicted octanol–water partition coefficient (Wildman–Crippen LogP) is 3.89. The van der Waals surface area contributed by atoms with Crippen LogP contribution in [0.3, 0.4) is 0 Å². The van der Waals surface area contributed by atoms with Gasteiger partial charge in [0.2, 0.25) is 0 Å². The Labute approximate surface area is 145 Å². The molecule has 0 amide bonds. The van der Waals surface area contributed by atoms with Crippen molar-refractivity contribution in [2.45, 2.75) is 30.6 Å². The smallest absolute Gasteiger partial charge is 0.101 e. The van der Waals surface area contributed by atoms with Crippen molar-refractivity contribution < 1.29 is 0 Å². The normalized spacial score (nSPS) is 37.0. The summed E-state index contributed by atoms with van der Waals surface area (Å²) in [4.78, 5) is 0. The Balaban J connectivity index is 1.36. The molecule has 2 heterocycles. The third-order valence-corrected chi connectivity index (χ3v) is 6.17. The molecule has 2 aromatic carbocycles. The van der Waals surface area contributed by atoms with Gasteiger partial charge in [0.1, 0.15) is 12.1 Å². The maximum absolute atomic E-state index is 4.63. The molecule has 0 N–H and O–H groups in total. The zero-order valence-electron chi connectivity index (χ0n) is 13.6. The maximum Gasteiger partial charge on any atom is 0.101 e. The van der Waals surface area contributed by atoms with Gasteiger partial charge in [-0.3, -0.25) is 0 Å². The first-order valence-corrected chi connectivity index (χ1v) is 8.92. The molecule has 6 rings (SSSR count). The first-order chi connectivity index (χ1) is 12.4. The lowest BCUT2D eigenvalue weighted by atomic mass is 9.83. The number of benzene rings is 2. The van der Waals surface area contributed by atoms with Crippen molar-refractivity contribution in [3.8, 4) is 0 Å². The number of para-hydroxylation sites is 2. The molecule has 2 saturated carbocycles. The predicted molar refractivity (Wildman–Crippen MR) is 94.3 cm³/mol. The van der Waals surface area contributed by atoms with Crippen molar-refractivity contribution in [2.75, 3.05) is 10.0 Å². The third-order valence-electron chi connectivity index (χ3n) is 6.17. The highest BCUT2D eigenvalue weighted by Gasteiger charge is 2.65. The van der Waals surface area contributed by atoms with E-state index in [0.717, 1.165) is 17.8 Å². The van der Waals surface area contributed by atoms with Gasteiger partial charge >= 0.3 is 0 Å². The Morgan fingerprint density at radius 3 is 1.60 bits per heavy atom. The molecule has 6 nitrogen and oxygen atoms in total. The molecule has 2 aliphatic carbocycles. The standard InChI is InChI=1S/C19H18N6/c1-3-7-12(8-4-1)24-18-15-11-14(16(18)20-22-24)17-19(15)25(23-21-17)13-9-5-2-6-10-13/h1-10,14-19H,11H2/t14?,15?,16-,17-,18-,19-/m1/s1. The third kappa shape index (κ3) is 1.74. The Morgan fingerprint density at radius 2 is 1.12 bits per heavy atom. The van der Waals surface area contributed by atoms with Gasteiger partial charge in [0, 0.05) is 11.8 Å². The summed E-state index contributed by atoms with van der Waals surface area (Å²) >= 11 is 0. The van der Waals surface area contributed by atoms with E-state index in [4.69, 9.17) is 0 Å². The number of hydrogen-bond donors (Lipinski definition) is 0. The average Bonchev–Trinajstić information content (AvgIpc) is 3.41. The molecule has 2 aromatic rings. The Kier molecular flexibility index (Phi) is 2.64. The van der Waals surface area contributed by atoms with Crippen LogP contribution in [0, 0.1) is 11.8 Å². The maximum atomic E-state index is 4.63. The molecule has 25 heavy (non-hydrogen) atoms. The molecule has 0 aromatic heterocycles. The topological polar surface area (TPSA) is 55.9 Å². The molecule has 124 valence electrons. The van der Waals surface area contributed by atoms with Crippen molar-refractivity contribution in [3.63, 3.8) is 0 Å². The summed E-state index contributed by atoms with van der Waals surface area (Å²) in [7, 11) is 0. The van der Waals surface area contributed by atoms with Gasteiger partial charge in [-0.2, -0.15) is 10.2 Å². The van der Waals surface area contributed by atoms with Crippen LogP contribution < -0.4 is 10.0 Å². The van der Waals surface area contributed by atoms with Gasteiger partial charge < -0.3 is 0 Å². The summed E-state index contributed by atoms with van der Waals surface area (Å²) in [5, 5.41) is 22.6. The monoisotopic (exact) mass is 330 g/mol. The molecule has 2 fully saturated rings. The molecule has 4 atom stereocenters. The van der Waals surface area contributed by atoms with Crippen molar-refractivity contribution in [1.29, 1.82) is 0 Å². The zero-order chi connectivity index (χ0) is 16.4. The van der Waals surface area contributed by atoms with Crippen LogP contribution in [0.4, 0.5) is 11.4 Å². The van der Waals surface area contributed by atoms with Gasteiger partial charge in [0.05, 0.1) is 23.5 Å². The molecule has 6 heteroatoms. The van der Waals surface area contributed by atoms with Crippen LogP contribution in [-0.2, 0) is 0 Å². The van der Waals surface area contributed by atoms with E-state index in [1.807, 2.05) is 12.1 Å². The minimum absolute atomic E-state index is 0.251. The van der Waals surface area contributed by atoms with Gasteiger partial charge in [-0.15, -0.1) is 0 Å². The average molecular weight is 330 g/mol. The molecule has 0 saturated heterocycles. The Morgan fingerprint density at radius 1 is 0.640 bits per heavy atom. The van der Waals surface area contributed by atoms with Crippen LogP contribution in [-0.4, -0.2) is 24.2 Å². The van der Waals surface area contributed by atoms with Gasteiger partial charge in [-0.25, -0.2) is 10.0 Å². The summed E-state index contributed by atoms with van der Waals surface area (Å²) in [5.74, 6) is 0.931. The summed E-state index contributed by atoms with van der Waals surface area (Å²) in [6.07, 6.45) is 1.16. The summed E-state index contributed by atoms with van der Waals surface area (Å²) < 4.78 is 0. The largest absolute Gasteiger partial charge is 0.242 e. The summed E-state index contributed by atoms with van der Waals surface area (Å²) in [6.45, 7) is 0. The molecule has 0 radical (unpaired) electrons. The zero-order valence-corrected chi connectivity index (χ0v) is 13.6. The van der Waals surface area contributed by atoms with E-state index in [-0.39, 0.29) is 12.1 Å². The minimum atomic E-state index is 0.251. The number of fused-ring (bicyclic) bond motifs is 8. The van der Waals surface area contributed by atoms with E-state index >= 15 is 0 Å². The quantitative estimate of drug-likeness (QED) is 0.839. The van der Waals surface area contributed by atoms with E-state index < -0.39 is 0 Å². The lowest BCUT2D eigenvalue weighted by Crippen LogP contribution is -2.53. The second-order valence-electron chi connectivity index (χ2n) is 7.30. The van der Waals surface area contributed by atoms with Gasteiger partial charge in [0.15, 0.2) is 0 Å². The minimum Gasteiger partial charge on any atom is -0.242 e. The number of nitrogens with zero attached hydrogens (tertiary/aromatic N) is 6. The highest BCUT2D eigenvalue weighted by atomic mass is 15.6. The molecule has 4 aliphatic rings. The molecular weight excluding hydrogens is 312 g/mol. The van der Waals surface area contributed by atoms with Gasteiger partial charge in [-0.05, 0) is 30.7 Å². The molecule has 0 spiro atoms. The van der Waals surface area contributed by atoms with Crippen LogP contribution in [0.5, 0.6) is 0 Å². The van der Waals surface area contributed by atoms with Crippen LogP contribution >= 0.6 is 0 Å². The molecule has 2 bridgehead atoms. The fourth-order valence-electron chi connectivity index (χ4n) is 5.21. The Hall–Kier alpha value is -2.76. The van der Waals surface area contributed by atoms with Gasteiger partial charge in [0.25, 0.3) is 0 Å². The van der Waals surface area contributed by atoms with E-state index in [1.54, 1.807) is 0 Å². The van der Waals surface area contributed by atoms with Crippen molar-refractivity contribution in [1.82, 2.24) is 0 Å². The Bertz CT molecular complexity index is 781. The highest BCUT2D eigenvalue weighted by molar-refractivity contribution is 5.52. The van der Waals surface area contributed by atoms with Crippen LogP contribution in [0.15, 0.2) is 81.3 Å². The second-order valence-corrected chi connectivity index (χ2v) is 7.30. The highest BCUT2D eigenvalue weighted by Crippen LogP contribution is 2.56. The lowest BCUT2D eigenvalue weighted by molar-refractivity contribution is 0.318. The SMILES string of the molecule is c1ccc(N2N=N[C@@H]3C4CC([C@H]32)[C@@H]2[C@@H]4N=NN2c2ccccc2)cc1. The lowest BCUT2D eigenvalue weighted by Gasteiger charge is -2.37.